The van der Waals surface area contributed by atoms with Crippen molar-refractivity contribution >= 4 is 34.7 Å². The summed E-state index contributed by atoms with van der Waals surface area (Å²) in [6, 6.07) is 17.3. The first-order chi connectivity index (χ1) is 19.4. The highest BCUT2D eigenvalue weighted by molar-refractivity contribution is 6.35. The first-order valence-corrected chi connectivity index (χ1v) is 14.0. The van der Waals surface area contributed by atoms with Gasteiger partial charge >= 0.3 is 0 Å². The molecule has 0 saturated carbocycles. The highest BCUT2D eigenvalue weighted by Gasteiger charge is 2.45. The zero-order valence-electron chi connectivity index (χ0n) is 23.3. The van der Waals surface area contributed by atoms with Gasteiger partial charge in [-0.2, -0.15) is 5.26 Å². The Morgan fingerprint density at radius 2 is 1.73 bits per heavy atom. The molecule has 3 aromatic rings. The van der Waals surface area contributed by atoms with Gasteiger partial charge in [0.15, 0.2) is 5.78 Å². The van der Waals surface area contributed by atoms with Crippen LogP contribution in [0.5, 0.6) is 5.75 Å². The van der Waals surface area contributed by atoms with Crippen LogP contribution in [0.25, 0.3) is 0 Å². The average molecular weight is 591 g/mol. The van der Waals surface area contributed by atoms with Gasteiger partial charge in [0.25, 0.3) is 0 Å². The van der Waals surface area contributed by atoms with Gasteiger partial charge in [0.05, 0.1) is 23.2 Å². The Bertz CT molecular complexity index is 1650. The number of Topliss-reactive ketones (excluding diaryl/α,β-unsaturated/α-hetero) is 1. The summed E-state index contributed by atoms with van der Waals surface area (Å²) in [4.78, 5) is 15.7. The Kier molecular flexibility index (Phi) is 7.63. The third kappa shape index (κ3) is 5.57. The minimum absolute atomic E-state index is 0.0235. The largest absolute Gasteiger partial charge is 0.489 e. The van der Waals surface area contributed by atoms with Crippen LogP contribution in [0.2, 0.25) is 10.0 Å². The maximum atomic E-state index is 14.0. The number of nitrogens with zero attached hydrogens (tertiary/aromatic N) is 2. The van der Waals surface area contributed by atoms with Gasteiger partial charge in [-0.1, -0.05) is 54.7 Å². The Hall–Kier alpha value is -3.79. The molecule has 1 heterocycles. The minimum atomic E-state index is -0.644. The van der Waals surface area contributed by atoms with Gasteiger partial charge in [-0.25, -0.2) is 4.39 Å². The number of aryl methyl sites for hydroxylation is 1. The minimum Gasteiger partial charge on any atom is -0.489 e. The number of allylic oxidation sites excluding steroid dienone is 3. The second kappa shape index (κ2) is 10.9. The zero-order chi connectivity index (χ0) is 29.6. The predicted molar refractivity (Wildman–Crippen MR) is 160 cm³/mol. The number of benzene rings is 3. The van der Waals surface area contributed by atoms with Crippen LogP contribution >= 0.6 is 23.2 Å². The van der Waals surface area contributed by atoms with E-state index in [1.165, 1.54) is 12.1 Å². The van der Waals surface area contributed by atoms with Crippen LogP contribution in [-0.2, 0) is 11.4 Å². The van der Waals surface area contributed by atoms with Crippen LogP contribution in [0.4, 0.5) is 10.1 Å². The van der Waals surface area contributed by atoms with Gasteiger partial charge in [0.1, 0.15) is 24.0 Å². The number of rotatable bonds is 5. The topological polar surface area (TPSA) is 79.3 Å². The third-order valence-electron chi connectivity index (χ3n) is 7.71. The summed E-state index contributed by atoms with van der Waals surface area (Å²) < 4.78 is 19.3. The lowest BCUT2D eigenvalue weighted by molar-refractivity contribution is -0.118. The normalized spacial score (nSPS) is 18.3. The molecule has 0 aromatic heterocycles. The maximum absolute atomic E-state index is 14.0. The summed E-state index contributed by atoms with van der Waals surface area (Å²) in [6.07, 6.45) is 0.913. The van der Waals surface area contributed by atoms with Crippen LogP contribution in [0.1, 0.15) is 54.9 Å². The van der Waals surface area contributed by atoms with Gasteiger partial charge in [-0.05, 0) is 84.8 Å². The predicted octanol–water partition coefficient (Wildman–Crippen LogP) is 8.27. The fraction of sp³-hybridized carbons (Fsp3) is 0.273. The van der Waals surface area contributed by atoms with Crippen molar-refractivity contribution in [1.29, 1.82) is 5.26 Å². The van der Waals surface area contributed by atoms with Crippen molar-refractivity contribution < 1.29 is 13.9 Å². The second-order valence-electron chi connectivity index (χ2n) is 11.5. The quantitative estimate of drug-likeness (QED) is 0.324. The fourth-order valence-corrected chi connectivity index (χ4v) is 6.40. The van der Waals surface area contributed by atoms with E-state index in [1.54, 1.807) is 35.2 Å². The molecule has 0 radical (unpaired) electrons. The smallest absolute Gasteiger partial charge is 0.162 e. The van der Waals surface area contributed by atoms with Crippen LogP contribution in [0.3, 0.4) is 0 Å². The van der Waals surface area contributed by atoms with Gasteiger partial charge in [-0.15, -0.1) is 0 Å². The molecular weight excluding hydrogens is 560 g/mol. The highest BCUT2D eigenvalue weighted by Crippen LogP contribution is 2.51. The van der Waals surface area contributed by atoms with E-state index in [9.17, 15) is 14.4 Å². The van der Waals surface area contributed by atoms with E-state index < -0.39 is 5.92 Å². The molecule has 3 aromatic carbocycles. The summed E-state index contributed by atoms with van der Waals surface area (Å²) in [5.41, 5.74) is 12.2. The van der Waals surface area contributed by atoms with Crippen molar-refractivity contribution in [2.75, 3.05) is 4.90 Å². The van der Waals surface area contributed by atoms with E-state index in [2.05, 4.69) is 19.9 Å². The van der Waals surface area contributed by atoms with Crippen molar-refractivity contribution in [2.45, 2.75) is 53.1 Å². The molecule has 0 saturated heterocycles. The number of nitriles is 1. The van der Waals surface area contributed by atoms with E-state index in [0.29, 0.717) is 39.9 Å². The summed E-state index contributed by atoms with van der Waals surface area (Å²) >= 11 is 12.7. The lowest BCUT2D eigenvalue weighted by Crippen LogP contribution is -2.42. The van der Waals surface area contributed by atoms with E-state index >= 15 is 0 Å². The molecule has 41 heavy (non-hydrogen) atoms. The summed E-state index contributed by atoms with van der Waals surface area (Å²) in [7, 11) is 0. The second-order valence-corrected chi connectivity index (χ2v) is 12.4. The molecule has 5 rings (SSSR count). The number of ether oxygens (including phenoxy) is 1. The van der Waals surface area contributed by atoms with Crippen LogP contribution in [0.15, 0.2) is 77.3 Å². The van der Waals surface area contributed by atoms with Gasteiger partial charge in [0, 0.05) is 27.7 Å². The number of halogens is 3. The number of hydrogen-bond donors (Lipinski definition) is 1. The van der Waals surface area contributed by atoms with Crippen molar-refractivity contribution in [3.05, 3.63) is 115 Å². The highest BCUT2D eigenvalue weighted by atomic mass is 35.5. The van der Waals surface area contributed by atoms with Gasteiger partial charge < -0.3 is 10.5 Å². The van der Waals surface area contributed by atoms with Crippen molar-refractivity contribution in [3.8, 4) is 11.8 Å². The molecule has 8 heteroatoms. The van der Waals surface area contributed by atoms with Crippen molar-refractivity contribution in [1.82, 2.24) is 0 Å². The first kappa shape index (κ1) is 28.7. The molecule has 2 N–H and O–H groups in total. The molecular formula is C33H30Cl2FN3O2. The monoisotopic (exact) mass is 589 g/mol. The Morgan fingerprint density at radius 1 is 1.07 bits per heavy atom. The molecule has 5 nitrogen and oxygen atoms in total. The lowest BCUT2D eigenvalue weighted by atomic mass is 9.68. The summed E-state index contributed by atoms with van der Waals surface area (Å²) in [6.45, 7) is 8.27. The average Bonchev–Trinajstić information content (AvgIpc) is 2.88. The summed E-state index contributed by atoms with van der Waals surface area (Å²) in [5, 5.41) is 11.3. The van der Waals surface area contributed by atoms with Crippen LogP contribution < -0.4 is 15.4 Å². The zero-order valence-corrected chi connectivity index (χ0v) is 24.8. The molecule has 0 bridgehead atoms. The summed E-state index contributed by atoms with van der Waals surface area (Å²) in [5.74, 6) is -0.224. The number of carbonyl (C=O) groups excluding carboxylic acids is 1. The molecule has 0 spiro atoms. The molecule has 1 atom stereocenters. The molecule has 0 fully saturated rings. The Morgan fingerprint density at radius 3 is 2.37 bits per heavy atom. The number of hydrogen-bond acceptors (Lipinski definition) is 5. The maximum Gasteiger partial charge on any atom is 0.162 e. The van der Waals surface area contributed by atoms with Crippen LogP contribution in [0, 0.1) is 36.4 Å². The number of anilines is 1. The van der Waals surface area contributed by atoms with Crippen molar-refractivity contribution in [3.63, 3.8) is 0 Å². The van der Waals surface area contributed by atoms with E-state index in [-0.39, 0.29) is 35.0 Å². The fourth-order valence-electron chi connectivity index (χ4n) is 5.89. The standard InChI is InChI=1S/C33H30Cl2FN3O2/c1-18-9-20(17-41-25-7-5-23(36)6-8-25)19(2)26(10-18)30-27(16-37)32(38)39(24-12-21(34)11-22(35)13-24)28-14-33(3,4)15-29(40)31(28)30/h5-13,30H,14-15,17,38H2,1-4H3. The molecule has 210 valence electrons. The first-order valence-electron chi connectivity index (χ1n) is 13.3. The van der Waals surface area contributed by atoms with E-state index in [4.69, 9.17) is 33.7 Å². The molecule has 2 aliphatic rings. The number of ketones is 1. The molecule has 1 unspecified atom stereocenters. The molecule has 1 aliphatic heterocycles. The molecule has 1 aliphatic carbocycles. The number of nitrogens with two attached hydrogens (primary N) is 1. The van der Waals surface area contributed by atoms with E-state index in [1.807, 2.05) is 26.0 Å². The van der Waals surface area contributed by atoms with Crippen molar-refractivity contribution in [2.24, 2.45) is 11.1 Å². The Balaban J connectivity index is 1.68. The van der Waals surface area contributed by atoms with E-state index in [0.717, 1.165) is 28.0 Å². The van der Waals surface area contributed by atoms with Gasteiger partial charge in [-0.3, -0.25) is 9.69 Å². The SMILES string of the molecule is Cc1cc(COc2ccc(F)cc2)c(C)c(C2C(C#N)=C(N)N(c3cc(Cl)cc(Cl)c3)C3=C2C(=O)CC(C)(C)C3)c1. The van der Waals surface area contributed by atoms with Crippen LogP contribution in [-0.4, -0.2) is 5.78 Å². The third-order valence-corrected chi connectivity index (χ3v) is 8.14. The lowest BCUT2D eigenvalue weighted by Gasteiger charge is -2.44. The number of carbonyl (C=O) groups is 1. The van der Waals surface area contributed by atoms with Gasteiger partial charge in [0.2, 0.25) is 0 Å². The molecule has 0 amide bonds. The Labute approximate surface area is 249 Å².